The van der Waals surface area contributed by atoms with Crippen molar-refractivity contribution in [2.45, 2.75) is 32.9 Å². The van der Waals surface area contributed by atoms with Gasteiger partial charge in [0, 0.05) is 60.9 Å². The quantitative estimate of drug-likeness (QED) is 0.473. The molecule has 0 aliphatic carbocycles. The van der Waals surface area contributed by atoms with Gasteiger partial charge in [-0.1, -0.05) is 6.07 Å². The normalized spacial score (nSPS) is 20.6. The lowest BCUT2D eigenvalue weighted by Crippen LogP contribution is -2.58. The number of aryl methyl sites for hydroxylation is 2. The molecule has 0 bridgehead atoms. The lowest BCUT2D eigenvalue weighted by molar-refractivity contribution is -0.127. The topological polar surface area (TPSA) is 111 Å². The molecule has 0 unspecified atom stereocenters. The minimum absolute atomic E-state index is 0.0284. The van der Waals surface area contributed by atoms with E-state index in [1.165, 1.54) is 0 Å². The molecule has 1 amide bonds. The highest BCUT2D eigenvalue weighted by molar-refractivity contribution is 6.03. The van der Waals surface area contributed by atoms with Crippen molar-refractivity contribution >= 4 is 22.8 Å². The van der Waals surface area contributed by atoms with Gasteiger partial charge in [0.05, 0.1) is 12.2 Å². The fourth-order valence-electron chi connectivity index (χ4n) is 5.83. The summed E-state index contributed by atoms with van der Waals surface area (Å²) in [6.45, 7) is 7.99. The maximum atomic E-state index is 13.0. The molecule has 4 aromatic rings. The molecule has 0 radical (unpaired) electrons. The summed E-state index contributed by atoms with van der Waals surface area (Å²) in [5, 5.41) is 3.06. The van der Waals surface area contributed by atoms with Gasteiger partial charge in [0.15, 0.2) is 5.65 Å². The summed E-state index contributed by atoms with van der Waals surface area (Å²) < 4.78 is 7.68. The summed E-state index contributed by atoms with van der Waals surface area (Å²) in [5.74, 6) is 1.50. The number of nitrogens with one attached hydrogen (secondary N) is 1. The molecule has 7 rings (SSSR count). The summed E-state index contributed by atoms with van der Waals surface area (Å²) >= 11 is 0. The van der Waals surface area contributed by atoms with Gasteiger partial charge in [-0.3, -0.25) is 9.69 Å². The minimum atomic E-state index is -0.294. The molecule has 3 aliphatic rings. The fourth-order valence-corrected chi connectivity index (χ4v) is 5.83. The van der Waals surface area contributed by atoms with Crippen molar-refractivity contribution in [2.75, 3.05) is 31.6 Å². The first-order valence-electron chi connectivity index (χ1n) is 12.3. The molecule has 1 aromatic carbocycles. The molecule has 10 nitrogen and oxygen atoms in total. The minimum Gasteiger partial charge on any atom is -0.381 e. The second-order valence-corrected chi connectivity index (χ2v) is 9.99. The molecule has 182 valence electrons. The number of likely N-dealkylation sites (tertiary alicyclic amines) is 1. The highest BCUT2D eigenvalue weighted by atomic mass is 16.5. The van der Waals surface area contributed by atoms with Gasteiger partial charge in [0.1, 0.15) is 35.2 Å². The number of hydrogen-bond donors (Lipinski definition) is 1. The molecule has 1 atom stereocenters. The predicted octanol–water partition coefficient (Wildman–Crippen LogP) is 2.99. The standard InChI is InChI=1S/C26H26N8O2/c1-3-34-23(17-9-27-15(2)28-10-17)32-21-20(29-14-30-24(21)34)16-4-5-19-18(8-16)22(25(35)31-19)33-11-26(12-33)6-7-36-13-26/h4-5,8-10,14,22H,3,6-7,11-13H2,1-2H3,(H,31,35)/t22-/m0/s1. The van der Waals surface area contributed by atoms with Gasteiger partial charge < -0.3 is 14.6 Å². The molecule has 2 fully saturated rings. The van der Waals surface area contributed by atoms with E-state index in [4.69, 9.17) is 9.72 Å². The van der Waals surface area contributed by atoms with E-state index in [-0.39, 0.29) is 17.4 Å². The zero-order valence-corrected chi connectivity index (χ0v) is 20.2. The zero-order chi connectivity index (χ0) is 24.4. The highest BCUT2D eigenvalue weighted by Crippen LogP contribution is 2.46. The van der Waals surface area contributed by atoms with Gasteiger partial charge in [0.2, 0.25) is 5.91 Å². The monoisotopic (exact) mass is 482 g/mol. The Labute approximate surface area is 207 Å². The van der Waals surface area contributed by atoms with E-state index < -0.39 is 0 Å². The Morgan fingerprint density at radius 3 is 2.72 bits per heavy atom. The third-order valence-corrected chi connectivity index (χ3v) is 7.64. The molecular formula is C26H26N8O2. The van der Waals surface area contributed by atoms with Crippen LogP contribution >= 0.6 is 0 Å². The van der Waals surface area contributed by atoms with Crippen molar-refractivity contribution in [3.05, 3.63) is 48.3 Å². The number of nitrogens with zero attached hydrogens (tertiary/aromatic N) is 7. The van der Waals surface area contributed by atoms with E-state index in [0.29, 0.717) is 12.4 Å². The van der Waals surface area contributed by atoms with Crippen LogP contribution in [0.4, 0.5) is 5.69 Å². The Morgan fingerprint density at radius 1 is 1.14 bits per heavy atom. The third-order valence-electron chi connectivity index (χ3n) is 7.64. The summed E-state index contributed by atoms with van der Waals surface area (Å²) in [6, 6.07) is 5.74. The number of amides is 1. The average molecular weight is 483 g/mol. The molecule has 6 heterocycles. The van der Waals surface area contributed by atoms with Crippen molar-refractivity contribution < 1.29 is 9.53 Å². The SMILES string of the molecule is CCn1c(-c2cnc(C)nc2)nc2c(-c3ccc4c(c3)[C@H](N3CC5(CCOC5)C3)C(=O)N4)ncnc21. The van der Waals surface area contributed by atoms with Crippen molar-refractivity contribution in [3.63, 3.8) is 0 Å². The first-order valence-corrected chi connectivity index (χ1v) is 12.3. The van der Waals surface area contributed by atoms with E-state index in [0.717, 1.165) is 77.8 Å². The summed E-state index contributed by atoms with van der Waals surface area (Å²) in [6.07, 6.45) is 6.22. The lowest BCUT2D eigenvalue weighted by atomic mass is 9.78. The molecule has 0 saturated carbocycles. The van der Waals surface area contributed by atoms with Gasteiger partial charge in [-0.05, 0) is 32.4 Å². The van der Waals surface area contributed by atoms with E-state index in [1.807, 2.05) is 19.1 Å². The molecule has 3 aliphatic heterocycles. The van der Waals surface area contributed by atoms with Gasteiger partial charge in [0.25, 0.3) is 0 Å². The number of ether oxygens (including phenoxy) is 1. The van der Waals surface area contributed by atoms with Crippen LogP contribution in [-0.2, 0) is 16.1 Å². The number of rotatable bonds is 4. The number of carbonyl (C=O) groups is 1. The number of benzene rings is 1. The molecule has 1 N–H and O–H groups in total. The van der Waals surface area contributed by atoms with Crippen LogP contribution in [0.5, 0.6) is 0 Å². The van der Waals surface area contributed by atoms with Crippen LogP contribution in [0.3, 0.4) is 0 Å². The van der Waals surface area contributed by atoms with E-state index in [1.54, 1.807) is 18.7 Å². The Balaban J connectivity index is 1.29. The predicted molar refractivity (Wildman–Crippen MR) is 133 cm³/mol. The molecular weight excluding hydrogens is 456 g/mol. The van der Waals surface area contributed by atoms with Crippen LogP contribution in [0.2, 0.25) is 0 Å². The molecule has 36 heavy (non-hydrogen) atoms. The van der Waals surface area contributed by atoms with E-state index in [9.17, 15) is 4.79 Å². The largest absolute Gasteiger partial charge is 0.381 e. The Hall–Kier alpha value is -3.76. The van der Waals surface area contributed by atoms with Crippen LogP contribution in [0.1, 0.15) is 30.8 Å². The number of hydrogen-bond acceptors (Lipinski definition) is 8. The van der Waals surface area contributed by atoms with Crippen LogP contribution in [0.15, 0.2) is 36.9 Å². The van der Waals surface area contributed by atoms with Crippen molar-refractivity contribution in [2.24, 2.45) is 5.41 Å². The molecule has 1 spiro atoms. The van der Waals surface area contributed by atoms with Crippen LogP contribution in [0, 0.1) is 12.3 Å². The number of anilines is 1. The lowest BCUT2D eigenvalue weighted by Gasteiger charge is -2.49. The van der Waals surface area contributed by atoms with Crippen molar-refractivity contribution in [3.8, 4) is 22.6 Å². The van der Waals surface area contributed by atoms with Gasteiger partial charge in [-0.15, -0.1) is 0 Å². The first kappa shape index (κ1) is 21.5. The second-order valence-electron chi connectivity index (χ2n) is 9.99. The maximum Gasteiger partial charge on any atom is 0.246 e. The summed E-state index contributed by atoms with van der Waals surface area (Å²) in [7, 11) is 0. The number of aromatic nitrogens is 6. The molecule has 3 aromatic heterocycles. The van der Waals surface area contributed by atoms with Crippen LogP contribution in [-0.4, -0.2) is 66.6 Å². The Bertz CT molecular complexity index is 1500. The van der Waals surface area contributed by atoms with Gasteiger partial charge in [-0.2, -0.15) is 0 Å². The van der Waals surface area contributed by atoms with E-state index >= 15 is 0 Å². The zero-order valence-electron chi connectivity index (χ0n) is 20.2. The van der Waals surface area contributed by atoms with Gasteiger partial charge >= 0.3 is 0 Å². The Kier molecular flexibility index (Phi) is 4.71. The Morgan fingerprint density at radius 2 is 1.97 bits per heavy atom. The fraction of sp³-hybridized carbons (Fsp3) is 0.385. The molecule has 10 heteroatoms. The summed E-state index contributed by atoms with van der Waals surface area (Å²) in [5.41, 5.74) is 6.02. The number of fused-ring (bicyclic) bond motifs is 2. The highest BCUT2D eigenvalue weighted by Gasteiger charge is 2.51. The van der Waals surface area contributed by atoms with E-state index in [2.05, 4.69) is 47.7 Å². The van der Waals surface area contributed by atoms with Crippen LogP contribution in [0.25, 0.3) is 33.8 Å². The smallest absolute Gasteiger partial charge is 0.246 e. The maximum absolute atomic E-state index is 13.0. The first-order chi connectivity index (χ1) is 17.5. The number of carbonyl (C=O) groups excluding carboxylic acids is 1. The summed E-state index contributed by atoms with van der Waals surface area (Å²) in [4.78, 5) is 38.0. The number of imidazole rings is 1. The van der Waals surface area contributed by atoms with Crippen molar-refractivity contribution in [1.82, 2.24) is 34.4 Å². The average Bonchev–Trinajstić information content (AvgIpc) is 3.57. The second kappa shape index (κ2) is 7.87. The van der Waals surface area contributed by atoms with Gasteiger partial charge in [-0.25, -0.2) is 24.9 Å². The third kappa shape index (κ3) is 3.17. The van der Waals surface area contributed by atoms with Crippen molar-refractivity contribution in [1.29, 1.82) is 0 Å². The molecule has 2 saturated heterocycles. The van der Waals surface area contributed by atoms with Crippen LogP contribution < -0.4 is 5.32 Å².